The molecule has 0 saturated heterocycles. The predicted octanol–water partition coefficient (Wildman–Crippen LogP) is 6.14. The smallest absolute Gasteiger partial charge is 0.313 e. The number of hydrogen-bond donors (Lipinski definition) is 0. The zero-order chi connectivity index (χ0) is 20.2. The van der Waals surface area contributed by atoms with Gasteiger partial charge in [-0.05, 0) is 46.0 Å². The molecule has 2 atom stereocenters. The minimum Gasteiger partial charge on any atom is -0.466 e. The van der Waals surface area contributed by atoms with Crippen LogP contribution in [0.5, 0.6) is 0 Å². The number of carbonyl (C=O) groups is 2. The fourth-order valence-electron chi connectivity index (χ4n) is 3.68. The highest BCUT2D eigenvalue weighted by Gasteiger charge is 2.47. The van der Waals surface area contributed by atoms with Crippen molar-refractivity contribution in [1.29, 1.82) is 0 Å². The third kappa shape index (κ3) is 7.50. The van der Waals surface area contributed by atoms with Crippen molar-refractivity contribution in [3.05, 3.63) is 0 Å². The maximum atomic E-state index is 13.1. The molecule has 0 saturated carbocycles. The number of rotatable bonds is 13. The summed E-state index contributed by atoms with van der Waals surface area (Å²) in [5.41, 5.74) is -0.582. The van der Waals surface area contributed by atoms with Crippen LogP contribution in [0, 0.1) is 11.3 Å². The average molecular weight is 388 g/mol. The van der Waals surface area contributed by atoms with E-state index in [2.05, 4.69) is 27.7 Å². The van der Waals surface area contributed by atoms with Crippen molar-refractivity contribution in [2.75, 3.05) is 19.7 Å². The van der Waals surface area contributed by atoms with Gasteiger partial charge in [-0.1, -0.05) is 58.7 Å². The molecule has 0 aromatic rings. The maximum Gasteiger partial charge on any atom is 0.313 e. The molecule has 2 unspecified atom stereocenters. The molecule has 0 spiro atoms. The molecule has 0 rings (SSSR count). The number of hydrogen-bond acceptors (Lipinski definition) is 4. The van der Waals surface area contributed by atoms with Crippen molar-refractivity contribution in [3.63, 3.8) is 0 Å². The number of unbranched alkanes of at least 4 members (excludes halogenated alkanes) is 1. The first-order valence-corrected chi connectivity index (χ1v) is 11.3. The summed E-state index contributed by atoms with van der Waals surface area (Å²) in [7, 11) is 0. The molecule has 0 aliphatic rings. The second kappa shape index (κ2) is 13.5. The first-order valence-electron chi connectivity index (χ1n) is 10.4. The van der Waals surface area contributed by atoms with Crippen LogP contribution in [-0.4, -0.2) is 41.1 Å². The lowest BCUT2D eigenvalue weighted by Crippen LogP contribution is -2.45. The summed E-state index contributed by atoms with van der Waals surface area (Å²) < 4.78 is 5.54. The number of ether oxygens (including phenoxy) is 1. The standard InChI is InChI=1S/C21H41NO3S/c1-8-13-14-18(26-20(24)22(10-3)11-4)21(15-9-2,16-17(6)7)19(23)25-12-5/h17-18H,8-16H2,1-7H3. The molecule has 0 aliphatic heterocycles. The van der Waals surface area contributed by atoms with Gasteiger partial charge in [0.05, 0.1) is 12.0 Å². The fraction of sp³-hybridized carbons (Fsp3) is 0.905. The zero-order valence-electron chi connectivity index (χ0n) is 18.1. The Morgan fingerprint density at radius 1 is 1.04 bits per heavy atom. The van der Waals surface area contributed by atoms with Gasteiger partial charge in [0.2, 0.25) is 0 Å². The largest absolute Gasteiger partial charge is 0.466 e. The second-order valence-corrected chi connectivity index (χ2v) is 8.57. The highest BCUT2D eigenvalue weighted by atomic mass is 32.2. The quantitative estimate of drug-likeness (QED) is 0.356. The van der Waals surface area contributed by atoms with Crippen LogP contribution in [0.2, 0.25) is 0 Å². The van der Waals surface area contributed by atoms with Gasteiger partial charge in [0, 0.05) is 18.3 Å². The van der Waals surface area contributed by atoms with Gasteiger partial charge < -0.3 is 9.64 Å². The van der Waals surface area contributed by atoms with E-state index >= 15 is 0 Å². The van der Waals surface area contributed by atoms with Crippen LogP contribution in [-0.2, 0) is 9.53 Å². The van der Waals surface area contributed by atoms with Gasteiger partial charge in [-0.15, -0.1) is 0 Å². The van der Waals surface area contributed by atoms with Gasteiger partial charge in [-0.25, -0.2) is 0 Å². The first kappa shape index (κ1) is 25.3. The van der Waals surface area contributed by atoms with E-state index in [1.807, 2.05) is 25.7 Å². The van der Waals surface area contributed by atoms with Crippen LogP contribution < -0.4 is 0 Å². The van der Waals surface area contributed by atoms with Crippen LogP contribution in [0.25, 0.3) is 0 Å². The van der Waals surface area contributed by atoms with Crippen molar-refractivity contribution in [3.8, 4) is 0 Å². The van der Waals surface area contributed by atoms with Crippen LogP contribution >= 0.6 is 11.8 Å². The Bertz CT molecular complexity index is 410. The van der Waals surface area contributed by atoms with Crippen molar-refractivity contribution >= 4 is 23.0 Å². The molecule has 0 aliphatic carbocycles. The normalized spacial score (nSPS) is 14.8. The van der Waals surface area contributed by atoms with Gasteiger partial charge in [-0.2, -0.15) is 0 Å². The van der Waals surface area contributed by atoms with Crippen molar-refractivity contribution in [1.82, 2.24) is 4.90 Å². The molecule has 0 fully saturated rings. The van der Waals surface area contributed by atoms with Gasteiger partial charge in [-0.3, -0.25) is 9.59 Å². The molecule has 154 valence electrons. The van der Waals surface area contributed by atoms with Gasteiger partial charge in [0.15, 0.2) is 0 Å². The Morgan fingerprint density at radius 3 is 2.08 bits per heavy atom. The Labute approximate surface area is 165 Å². The Morgan fingerprint density at radius 2 is 1.65 bits per heavy atom. The van der Waals surface area contributed by atoms with Crippen LogP contribution in [0.3, 0.4) is 0 Å². The second-order valence-electron chi connectivity index (χ2n) is 7.41. The third-order valence-electron chi connectivity index (χ3n) is 4.85. The molecule has 0 bridgehead atoms. The summed E-state index contributed by atoms with van der Waals surface area (Å²) in [6, 6.07) is 0. The van der Waals surface area contributed by atoms with Crippen molar-refractivity contribution in [2.45, 2.75) is 92.2 Å². The van der Waals surface area contributed by atoms with E-state index in [1.165, 1.54) is 11.8 Å². The topological polar surface area (TPSA) is 46.6 Å². The monoisotopic (exact) mass is 387 g/mol. The van der Waals surface area contributed by atoms with E-state index < -0.39 is 5.41 Å². The Kier molecular flexibility index (Phi) is 13.1. The third-order valence-corrected chi connectivity index (χ3v) is 6.28. The van der Waals surface area contributed by atoms with E-state index in [4.69, 9.17) is 4.74 Å². The highest BCUT2D eigenvalue weighted by Crippen LogP contribution is 2.45. The lowest BCUT2D eigenvalue weighted by atomic mass is 9.72. The maximum absolute atomic E-state index is 13.1. The number of carbonyl (C=O) groups excluding carboxylic acids is 2. The lowest BCUT2D eigenvalue weighted by molar-refractivity contribution is -0.157. The van der Waals surface area contributed by atoms with E-state index in [0.29, 0.717) is 25.6 Å². The average Bonchev–Trinajstić information content (AvgIpc) is 2.58. The summed E-state index contributed by atoms with van der Waals surface area (Å²) in [6.45, 7) is 16.2. The first-order chi connectivity index (χ1) is 12.3. The zero-order valence-corrected chi connectivity index (χ0v) is 18.9. The molecule has 26 heavy (non-hydrogen) atoms. The highest BCUT2D eigenvalue weighted by molar-refractivity contribution is 8.14. The minimum atomic E-state index is -0.582. The predicted molar refractivity (Wildman–Crippen MR) is 113 cm³/mol. The number of esters is 1. The molecule has 5 heteroatoms. The Balaban J connectivity index is 5.87. The van der Waals surface area contributed by atoms with Gasteiger partial charge in [0.25, 0.3) is 5.24 Å². The fourth-order valence-corrected chi connectivity index (χ4v) is 5.15. The molecule has 0 heterocycles. The molecule has 4 nitrogen and oxygen atoms in total. The van der Waals surface area contributed by atoms with Crippen molar-refractivity contribution in [2.24, 2.45) is 11.3 Å². The molecular weight excluding hydrogens is 346 g/mol. The van der Waals surface area contributed by atoms with Gasteiger partial charge in [0.1, 0.15) is 0 Å². The van der Waals surface area contributed by atoms with Crippen LogP contribution in [0.4, 0.5) is 4.79 Å². The van der Waals surface area contributed by atoms with Crippen LogP contribution in [0.1, 0.15) is 87.0 Å². The molecular formula is C21H41NO3S. The molecule has 0 aromatic carbocycles. The minimum absolute atomic E-state index is 0.0306. The number of thioether (sulfide) groups is 1. The molecule has 1 amide bonds. The SMILES string of the molecule is CCCCC(SC(=O)N(CC)CC)C(CCC)(CC(C)C)C(=O)OCC. The summed E-state index contributed by atoms with van der Waals surface area (Å²) >= 11 is 1.37. The van der Waals surface area contributed by atoms with E-state index in [9.17, 15) is 9.59 Å². The van der Waals surface area contributed by atoms with Crippen LogP contribution in [0.15, 0.2) is 0 Å². The van der Waals surface area contributed by atoms with Gasteiger partial charge >= 0.3 is 5.97 Å². The summed E-state index contributed by atoms with van der Waals surface area (Å²) in [4.78, 5) is 27.8. The molecule has 0 radical (unpaired) electrons. The molecule has 0 aromatic heterocycles. The van der Waals surface area contributed by atoms with E-state index in [-0.39, 0.29) is 16.5 Å². The molecule has 0 N–H and O–H groups in total. The summed E-state index contributed by atoms with van der Waals surface area (Å²) in [5, 5.41) is 0.0570. The number of nitrogens with zero attached hydrogens (tertiary/aromatic N) is 1. The van der Waals surface area contributed by atoms with Crippen molar-refractivity contribution < 1.29 is 14.3 Å². The van der Waals surface area contributed by atoms with E-state index in [1.54, 1.807) is 0 Å². The number of amides is 1. The summed E-state index contributed by atoms with van der Waals surface area (Å²) in [6.07, 6.45) is 5.41. The Hall–Kier alpha value is -0.710. The summed E-state index contributed by atoms with van der Waals surface area (Å²) in [5.74, 6) is 0.260. The van der Waals surface area contributed by atoms with E-state index in [0.717, 1.165) is 38.5 Å². The lowest BCUT2D eigenvalue weighted by Gasteiger charge is -2.40.